The molecule has 0 radical (unpaired) electrons. The summed E-state index contributed by atoms with van der Waals surface area (Å²) in [4.78, 5) is 0. The zero-order valence-electron chi connectivity index (χ0n) is 58.7. The molecule has 9 aromatic carbocycles. The molecule has 0 saturated carbocycles. The zero-order chi connectivity index (χ0) is 63.6. The molecule has 3 heteroatoms. The summed E-state index contributed by atoms with van der Waals surface area (Å²) in [6.07, 6.45) is 0. The van der Waals surface area contributed by atoms with Crippen molar-refractivity contribution in [3.05, 3.63) is 212 Å². The summed E-state index contributed by atoms with van der Waals surface area (Å²) in [6, 6.07) is -17.3. The van der Waals surface area contributed by atoms with Crippen LogP contribution in [0.1, 0.15) is 41.1 Å². The van der Waals surface area contributed by atoms with Gasteiger partial charge in [-0.05, 0) is 94.8 Å². The van der Waals surface area contributed by atoms with Crippen LogP contribution in [0.3, 0.4) is 0 Å². The Labute approximate surface area is 371 Å². The van der Waals surface area contributed by atoms with E-state index in [9.17, 15) is 12.3 Å². The molecule has 0 unspecified atom stereocenters. The number of fused-ring (bicyclic) bond motifs is 9. The van der Waals surface area contributed by atoms with Gasteiger partial charge in [0.1, 0.15) is 0 Å². The van der Waals surface area contributed by atoms with Crippen molar-refractivity contribution in [2.75, 3.05) is 0 Å². The van der Waals surface area contributed by atoms with Crippen molar-refractivity contribution >= 4 is 65.4 Å². The van der Waals surface area contributed by atoms with Crippen LogP contribution >= 0.6 is 0 Å². The molecule has 0 aliphatic heterocycles. The van der Waals surface area contributed by atoms with Crippen LogP contribution in [0.4, 0.5) is 0 Å². The highest BCUT2D eigenvalue weighted by atomic mass is 15.0. The number of para-hydroxylation sites is 4. The number of hydrogen-bond acceptors (Lipinski definition) is 0. The second-order valence-corrected chi connectivity index (χ2v) is 12.7. The Bertz CT molecular complexity index is 5150. The average molecular weight is 756 g/mol. The van der Waals surface area contributed by atoms with Crippen molar-refractivity contribution in [3.8, 4) is 39.3 Å². The molecule has 0 N–H and O–H groups in total. The molecule has 0 atom stereocenters. The van der Waals surface area contributed by atoms with Gasteiger partial charge in [-0.2, -0.15) is 0 Å². The number of benzene rings is 9. The van der Waals surface area contributed by atoms with E-state index in [1.807, 2.05) is 0 Å². The van der Waals surface area contributed by atoms with Crippen molar-refractivity contribution in [2.24, 2.45) is 0 Å². The number of nitrogens with zero attached hydrogens (tertiary/aromatic N) is 3. The van der Waals surface area contributed by atoms with E-state index in [1.54, 1.807) is 0 Å². The third-order valence-electron chi connectivity index (χ3n) is 9.64. The summed E-state index contributed by atoms with van der Waals surface area (Å²) in [5.41, 5.74) is -5.73. The van der Waals surface area contributed by atoms with E-state index in [0.29, 0.717) is 0 Å². The highest BCUT2D eigenvalue weighted by Crippen LogP contribution is 2.39. The first-order valence-electron chi connectivity index (χ1n) is 32.2. The minimum Gasteiger partial charge on any atom is -0.309 e. The van der Waals surface area contributed by atoms with Gasteiger partial charge in [-0.3, -0.25) is 0 Å². The van der Waals surface area contributed by atoms with Gasteiger partial charge < -0.3 is 13.7 Å². The SMILES string of the molecule is [2H]c1c([2H])c([2H])c(-c2c([2H])c([2H])c(-c3cccc(-n4c5c([2H])c([2H])c([2H])c([2H])c5c5c([2H])c(-n6c7c([2H])c([2H])c(-n8c9c([2H])c([2H])c([2H])c([2H])c9c9c([2H])c([2H])c([2H])c([2H])c98)cc7c7c([2H])c([2H])c([2H])c([2H])c76)c([2H])c([2H])c54)c3)c([2H])c2[2H])c([2H])c1[2H]. The molecule has 57 heavy (non-hydrogen) atoms. The molecule has 3 nitrogen and oxygen atoms in total. The van der Waals surface area contributed by atoms with Gasteiger partial charge >= 0.3 is 0 Å². The Hall–Kier alpha value is -7.62. The van der Waals surface area contributed by atoms with Gasteiger partial charge in [0.25, 0.3) is 0 Å². The van der Waals surface area contributed by atoms with Crippen LogP contribution in [0.5, 0.6) is 0 Å². The van der Waals surface area contributed by atoms with Gasteiger partial charge in [0, 0.05) is 49.4 Å². The van der Waals surface area contributed by atoms with Crippen LogP contribution < -0.4 is 0 Å². The monoisotopic (exact) mass is 755 g/mol. The highest BCUT2D eigenvalue weighted by molar-refractivity contribution is 6.14. The molecule has 266 valence electrons. The second kappa shape index (κ2) is 12.5. The summed E-state index contributed by atoms with van der Waals surface area (Å²) in [6.45, 7) is 0. The van der Waals surface area contributed by atoms with Crippen molar-refractivity contribution < 1.29 is 41.1 Å². The minimum atomic E-state index is -0.915. The molecule has 12 rings (SSSR count). The molecular formula is C54H35N3. The molecule has 0 aliphatic rings. The fourth-order valence-corrected chi connectivity index (χ4v) is 7.22. The fourth-order valence-electron chi connectivity index (χ4n) is 7.22. The summed E-state index contributed by atoms with van der Waals surface area (Å²) in [5, 5.41) is -2.39. The molecule has 3 heterocycles. The largest absolute Gasteiger partial charge is 0.309 e. The molecule has 0 fully saturated rings. The van der Waals surface area contributed by atoms with E-state index >= 15 is 0 Å². The van der Waals surface area contributed by atoms with Gasteiger partial charge in [0.2, 0.25) is 0 Å². The molecule has 0 saturated heterocycles. The van der Waals surface area contributed by atoms with Crippen molar-refractivity contribution in [1.82, 2.24) is 13.7 Å². The van der Waals surface area contributed by atoms with Crippen molar-refractivity contribution in [3.63, 3.8) is 0 Å². The van der Waals surface area contributed by atoms with Gasteiger partial charge in [-0.15, -0.1) is 0 Å². The topological polar surface area (TPSA) is 14.8 Å². The standard InChI is InChI=1S/C54H35N3/c1-2-13-36(14-3-1)37-25-27-38(28-26-37)39-15-12-16-40(33-39)55-51-23-10-6-19-45(51)47-35-42(30-31-53(47)55)57-52-24-11-7-20-46(52)48-34-41(29-32-54(48)57)56-49-21-8-4-17-43(49)44-18-5-9-22-50(44)56/h1-35H/i1D,2D,3D,4D,5D,6D,7D,8D,9D,10D,11D,13D,14D,17D,18D,19D,20D,21D,22D,23D,24D,25D,26D,27D,28D,29D,30D,31D,32D,35D. The first kappa shape index (κ1) is 14.1. The van der Waals surface area contributed by atoms with Crippen LogP contribution in [0, 0.1) is 0 Å². The summed E-state index contributed by atoms with van der Waals surface area (Å²) in [7, 11) is 0. The normalized spacial score (nSPS) is 19.2. The lowest BCUT2D eigenvalue weighted by molar-refractivity contribution is 1.16. The van der Waals surface area contributed by atoms with Crippen LogP contribution in [-0.4, -0.2) is 13.7 Å². The van der Waals surface area contributed by atoms with E-state index in [0.717, 1.165) is 19.8 Å². The summed E-state index contributed by atoms with van der Waals surface area (Å²) < 4.78 is 273. The Balaban J connectivity index is 1.19. The molecule has 0 amide bonds. The molecule has 0 spiro atoms. The Morgan fingerprint density at radius 1 is 0.281 bits per heavy atom. The highest BCUT2D eigenvalue weighted by Gasteiger charge is 2.18. The smallest absolute Gasteiger partial charge is 0.0652 e. The maximum Gasteiger partial charge on any atom is 0.0652 e. The predicted molar refractivity (Wildman–Crippen MR) is 240 cm³/mol. The summed E-state index contributed by atoms with van der Waals surface area (Å²) in [5.74, 6) is 0. The maximum atomic E-state index is 10.1. The van der Waals surface area contributed by atoms with E-state index < -0.39 is 253 Å². The van der Waals surface area contributed by atoms with Crippen molar-refractivity contribution in [1.29, 1.82) is 0 Å². The van der Waals surface area contributed by atoms with Crippen LogP contribution in [-0.2, 0) is 0 Å². The summed E-state index contributed by atoms with van der Waals surface area (Å²) >= 11 is 0. The number of aromatic nitrogens is 3. The quantitative estimate of drug-likeness (QED) is 0.166. The number of rotatable bonds is 5. The van der Waals surface area contributed by atoms with Crippen LogP contribution in [0.25, 0.3) is 105 Å². The second-order valence-electron chi connectivity index (χ2n) is 12.7. The van der Waals surface area contributed by atoms with E-state index in [2.05, 4.69) is 0 Å². The molecule has 3 aromatic heterocycles. The van der Waals surface area contributed by atoms with E-state index in [-0.39, 0.29) is 33.0 Å². The van der Waals surface area contributed by atoms with Gasteiger partial charge in [0.15, 0.2) is 0 Å². The maximum absolute atomic E-state index is 10.1. The van der Waals surface area contributed by atoms with Crippen LogP contribution in [0.15, 0.2) is 212 Å². The Morgan fingerprint density at radius 3 is 1.32 bits per heavy atom. The lowest BCUT2D eigenvalue weighted by Gasteiger charge is -2.12. The van der Waals surface area contributed by atoms with E-state index in [1.165, 1.54) is 24.3 Å². The van der Waals surface area contributed by atoms with Gasteiger partial charge in [0.05, 0.1) is 74.2 Å². The Kier molecular flexibility index (Phi) is 3.09. The third-order valence-corrected chi connectivity index (χ3v) is 9.64. The van der Waals surface area contributed by atoms with Crippen molar-refractivity contribution in [2.45, 2.75) is 0 Å². The first-order chi connectivity index (χ1) is 40.8. The molecule has 12 aromatic rings. The zero-order valence-corrected chi connectivity index (χ0v) is 28.7. The fraction of sp³-hybridized carbons (Fsp3) is 0. The first-order valence-corrected chi connectivity index (χ1v) is 17.2. The third kappa shape index (κ3) is 4.86. The molecule has 0 bridgehead atoms. The van der Waals surface area contributed by atoms with Gasteiger partial charge in [-0.25, -0.2) is 0 Å². The van der Waals surface area contributed by atoms with E-state index in [4.69, 9.17) is 28.8 Å². The molecule has 0 aliphatic carbocycles. The molecular weight excluding hydrogens is 691 g/mol. The van der Waals surface area contributed by atoms with Crippen LogP contribution in [0.2, 0.25) is 0 Å². The Morgan fingerprint density at radius 2 is 0.702 bits per heavy atom. The minimum absolute atomic E-state index is 0.0807. The lowest BCUT2D eigenvalue weighted by Crippen LogP contribution is -1.97. The lowest BCUT2D eigenvalue weighted by atomic mass is 10.00. The number of hydrogen-bond donors (Lipinski definition) is 0. The van der Waals surface area contributed by atoms with Gasteiger partial charge in [-0.1, -0.05) is 139 Å². The average Bonchev–Trinajstić information content (AvgIpc) is 1.55. The predicted octanol–water partition coefficient (Wildman–Crippen LogP) is 14.3.